The lowest BCUT2D eigenvalue weighted by Crippen LogP contribution is -2.46. The first-order valence-electron chi connectivity index (χ1n) is 7.90. The van der Waals surface area contributed by atoms with Gasteiger partial charge in [0.2, 0.25) is 0 Å². The van der Waals surface area contributed by atoms with Gasteiger partial charge in [-0.25, -0.2) is 0 Å². The number of hydrogen-bond donors (Lipinski definition) is 1. The van der Waals surface area contributed by atoms with Crippen LogP contribution in [0.25, 0.3) is 0 Å². The third kappa shape index (κ3) is 5.65. The van der Waals surface area contributed by atoms with Gasteiger partial charge in [-0.2, -0.15) is 0 Å². The lowest BCUT2D eigenvalue weighted by molar-refractivity contribution is -0.387. The zero-order chi connectivity index (χ0) is 16.8. The highest BCUT2D eigenvalue weighted by atomic mass is 35.5. The molecule has 24 heavy (non-hydrogen) atoms. The summed E-state index contributed by atoms with van der Waals surface area (Å²) in [4.78, 5) is 25.8. The van der Waals surface area contributed by atoms with E-state index in [-0.39, 0.29) is 24.0 Å². The minimum Gasteiger partial charge on any atom is -0.336 e. The van der Waals surface area contributed by atoms with Crippen molar-refractivity contribution < 1.29 is 9.72 Å². The van der Waals surface area contributed by atoms with E-state index in [0.717, 1.165) is 25.3 Å². The van der Waals surface area contributed by atoms with Crippen LogP contribution in [0.1, 0.15) is 30.6 Å². The summed E-state index contributed by atoms with van der Waals surface area (Å²) >= 11 is 1.48. The van der Waals surface area contributed by atoms with Crippen molar-refractivity contribution in [3.8, 4) is 0 Å². The molecular weight excluding hydrogens is 350 g/mol. The molecule has 0 aliphatic carbocycles. The Morgan fingerprint density at radius 2 is 2.04 bits per heavy atom. The highest BCUT2D eigenvalue weighted by Gasteiger charge is 2.22. The maximum absolute atomic E-state index is 12.5. The third-order valence-corrected chi connectivity index (χ3v) is 4.86. The van der Waals surface area contributed by atoms with Gasteiger partial charge in [-0.1, -0.05) is 13.8 Å². The fraction of sp³-hybridized carbons (Fsp3) is 0.562. The van der Waals surface area contributed by atoms with E-state index >= 15 is 0 Å². The molecule has 1 amide bonds. The molecule has 1 aliphatic rings. The van der Waals surface area contributed by atoms with E-state index in [1.807, 2.05) is 0 Å². The molecule has 1 aliphatic heterocycles. The highest BCUT2D eigenvalue weighted by molar-refractivity contribution is 7.99. The van der Waals surface area contributed by atoms with Gasteiger partial charge in [-0.15, -0.1) is 24.2 Å². The van der Waals surface area contributed by atoms with Crippen molar-refractivity contribution in [2.24, 2.45) is 5.92 Å². The van der Waals surface area contributed by atoms with Crippen molar-refractivity contribution in [3.05, 3.63) is 33.9 Å². The second-order valence-corrected chi connectivity index (χ2v) is 7.15. The van der Waals surface area contributed by atoms with Crippen LogP contribution >= 0.6 is 24.2 Å². The van der Waals surface area contributed by atoms with E-state index in [9.17, 15) is 14.9 Å². The third-order valence-electron chi connectivity index (χ3n) is 3.76. The second-order valence-electron chi connectivity index (χ2n) is 6.01. The van der Waals surface area contributed by atoms with Crippen molar-refractivity contribution in [3.63, 3.8) is 0 Å². The molecule has 1 heterocycles. The molecule has 0 radical (unpaired) electrons. The Balaban J connectivity index is 0.00000288. The van der Waals surface area contributed by atoms with E-state index in [4.69, 9.17) is 0 Å². The Bertz CT molecular complexity index is 578. The largest absolute Gasteiger partial charge is 0.336 e. The van der Waals surface area contributed by atoms with Crippen molar-refractivity contribution in [2.45, 2.75) is 25.2 Å². The van der Waals surface area contributed by atoms with Gasteiger partial charge in [-0.05, 0) is 30.2 Å². The number of piperazine rings is 1. The normalized spacial score (nSPS) is 14.4. The van der Waals surface area contributed by atoms with Gasteiger partial charge in [0.05, 0.1) is 9.82 Å². The maximum atomic E-state index is 12.5. The van der Waals surface area contributed by atoms with Gasteiger partial charge in [-0.3, -0.25) is 14.9 Å². The molecule has 0 saturated carbocycles. The van der Waals surface area contributed by atoms with E-state index in [2.05, 4.69) is 19.2 Å². The first kappa shape index (κ1) is 20.7. The van der Waals surface area contributed by atoms with Crippen LogP contribution in [0.15, 0.2) is 23.1 Å². The Labute approximate surface area is 152 Å². The van der Waals surface area contributed by atoms with E-state index in [1.54, 1.807) is 17.0 Å². The molecule has 6 nitrogen and oxygen atoms in total. The summed E-state index contributed by atoms with van der Waals surface area (Å²) in [6, 6.07) is 4.83. The van der Waals surface area contributed by atoms with Crippen LogP contribution in [0.2, 0.25) is 0 Å². The van der Waals surface area contributed by atoms with Crippen molar-refractivity contribution in [2.75, 3.05) is 31.9 Å². The standard InChI is InChI=1S/C16H23N3O3S.ClH/c1-12(2)5-10-23-15-4-3-13(11-14(15)19(21)22)16(20)18-8-6-17-7-9-18;/h3-4,11-12,17H,5-10H2,1-2H3;1H. The maximum Gasteiger partial charge on any atom is 0.283 e. The van der Waals surface area contributed by atoms with Crippen LogP contribution in [0.3, 0.4) is 0 Å². The van der Waals surface area contributed by atoms with Crippen molar-refractivity contribution in [1.29, 1.82) is 0 Å². The fourth-order valence-electron chi connectivity index (χ4n) is 2.37. The number of halogens is 1. The molecule has 1 aromatic rings. The van der Waals surface area contributed by atoms with Gasteiger partial charge in [0, 0.05) is 37.8 Å². The Kier molecular flexibility index (Phi) is 8.52. The summed E-state index contributed by atoms with van der Waals surface area (Å²) in [5, 5.41) is 14.5. The molecule has 1 fully saturated rings. The second kappa shape index (κ2) is 9.86. The summed E-state index contributed by atoms with van der Waals surface area (Å²) in [7, 11) is 0. The number of nitro groups is 1. The predicted octanol–water partition coefficient (Wildman–Crippen LogP) is 3.20. The minimum atomic E-state index is -0.397. The SMILES string of the molecule is CC(C)CCSc1ccc(C(=O)N2CCNCC2)cc1[N+](=O)[O-].Cl. The monoisotopic (exact) mass is 373 g/mol. The number of nitro benzene ring substituents is 1. The average molecular weight is 374 g/mol. The van der Waals surface area contributed by atoms with Gasteiger partial charge in [0.1, 0.15) is 0 Å². The molecular formula is C16H24ClN3O3S. The average Bonchev–Trinajstić information content (AvgIpc) is 2.54. The molecule has 0 spiro atoms. The van der Waals surface area contributed by atoms with Crippen LogP contribution in [-0.2, 0) is 0 Å². The molecule has 0 unspecified atom stereocenters. The molecule has 0 aromatic heterocycles. The van der Waals surface area contributed by atoms with E-state index < -0.39 is 4.92 Å². The quantitative estimate of drug-likeness (QED) is 0.470. The first-order chi connectivity index (χ1) is 11.0. The Hall–Kier alpha value is -1.31. The smallest absolute Gasteiger partial charge is 0.283 e. The highest BCUT2D eigenvalue weighted by Crippen LogP contribution is 2.31. The molecule has 1 aromatic carbocycles. The van der Waals surface area contributed by atoms with Crippen molar-refractivity contribution in [1.82, 2.24) is 10.2 Å². The van der Waals surface area contributed by atoms with Crippen LogP contribution in [0.5, 0.6) is 0 Å². The summed E-state index contributed by atoms with van der Waals surface area (Å²) in [5.74, 6) is 1.27. The van der Waals surface area contributed by atoms with Crippen LogP contribution in [-0.4, -0.2) is 47.7 Å². The predicted molar refractivity (Wildman–Crippen MR) is 99.3 cm³/mol. The van der Waals surface area contributed by atoms with Crippen molar-refractivity contribution >= 4 is 35.8 Å². The van der Waals surface area contributed by atoms with Gasteiger partial charge in [0.15, 0.2) is 0 Å². The molecule has 8 heteroatoms. The lowest BCUT2D eigenvalue weighted by atomic mass is 10.1. The number of carbonyl (C=O) groups excluding carboxylic acids is 1. The molecule has 0 bridgehead atoms. The molecule has 2 rings (SSSR count). The number of nitrogens with one attached hydrogen (secondary N) is 1. The number of thioether (sulfide) groups is 1. The summed E-state index contributed by atoms with van der Waals surface area (Å²) in [6.07, 6.45) is 1.00. The Morgan fingerprint density at radius 1 is 1.38 bits per heavy atom. The number of rotatable bonds is 6. The molecule has 1 N–H and O–H groups in total. The summed E-state index contributed by atoms with van der Waals surface area (Å²) < 4.78 is 0. The van der Waals surface area contributed by atoms with Gasteiger partial charge < -0.3 is 10.2 Å². The fourth-order valence-corrected chi connectivity index (χ4v) is 3.63. The first-order valence-corrected chi connectivity index (χ1v) is 8.89. The number of nitrogens with zero attached hydrogens (tertiary/aromatic N) is 2. The number of hydrogen-bond acceptors (Lipinski definition) is 5. The topological polar surface area (TPSA) is 75.5 Å². The van der Waals surface area contributed by atoms with Gasteiger partial charge in [0.25, 0.3) is 11.6 Å². The van der Waals surface area contributed by atoms with Crippen LogP contribution in [0.4, 0.5) is 5.69 Å². The number of benzene rings is 1. The molecule has 0 atom stereocenters. The van der Waals surface area contributed by atoms with E-state index in [1.165, 1.54) is 17.8 Å². The molecule has 1 saturated heterocycles. The zero-order valence-electron chi connectivity index (χ0n) is 14.0. The summed E-state index contributed by atoms with van der Waals surface area (Å²) in [5.41, 5.74) is 0.423. The summed E-state index contributed by atoms with van der Waals surface area (Å²) in [6.45, 7) is 7.05. The van der Waals surface area contributed by atoms with Gasteiger partial charge >= 0.3 is 0 Å². The van der Waals surface area contributed by atoms with E-state index in [0.29, 0.717) is 29.5 Å². The number of carbonyl (C=O) groups is 1. The van der Waals surface area contributed by atoms with Crippen LogP contribution in [0, 0.1) is 16.0 Å². The molecule has 134 valence electrons. The zero-order valence-corrected chi connectivity index (χ0v) is 15.6. The number of amides is 1. The minimum absolute atomic E-state index is 0. The van der Waals surface area contributed by atoms with Crippen LogP contribution < -0.4 is 5.32 Å². The lowest BCUT2D eigenvalue weighted by Gasteiger charge is -2.27. The Morgan fingerprint density at radius 3 is 2.62 bits per heavy atom.